The first kappa shape index (κ1) is 51.2. The molecule has 2 heteroatoms. The Bertz CT molecular complexity index is 3220. The Labute approximate surface area is 443 Å². The molecule has 0 heterocycles. The van der Waals surface area contributed by atoms with Gasteiger partial charge in [0.15, 0.2) is 0 Å². The summed E-state index contributed by atoms with van der Waals surface area (Å²) in [5, 5.41) is 0. The highest BCUT2D eigenvalue weighted by molar-refractivity contribution is 6.82. The maximum Gasteiger partial charge on any atom is 0.0722 e. The van der Waals surface area contributed by atoms with Crippen molar-refractivity contribution in [2.75, 3.05) is 0 Å². The standard InChI is InChI=1S/C71H84Si2/c1-45(2)61-44-63-50(26-20-30-58(63)69(61)73(14,15)68-48(5)43-65-56(28-22-32-60(65)68)52-35-39-54(40-36-52)71(9,10)11)24-18-16-17-23-49-25-19-29-57-62(49)41-46(3)66(57)72(12,13)67-47(4)42-64-55(27-21-31-59(64)67)51-33-37-53(38-34-51)70(6,7)8/h19-22,25-45,66-69H,16-18,23-24H2,1-15H3. The summed E-state index contributed by atoms with van der Waals surface area (Å²) >= 11 is 0. The van der Waals surface area contributed by atoms with E-state index in [4.69, 9.17) is 0 Å². The van der Waals surface area contributed by atoms with Crippen molar-refractivity contribution in [3.63, 3.8) is 0 Å². The average Bonchev–Trinajstić information content (AvgIpc) is 4.10. The number of hydrogen-bond acceptors (Lipinski definition) is 0. The summed E-state index contributed by atoms with van der Waals surface area (Å²) in [4.78, 5) is 0. The smallest absolute Gasteiger partial charge is 0.0679 e. The number of allylic oxidation sites excluding steroid dienone is 4. The molecule has 6 aromatic carbocycles. The van der Waals surface area contributed by atoms with Crippen molar-refractivity contribution in [1.29, 1.82) is 0 Å². The second-order valence-electron chi connectivity index (χ2n) is 26.5. The first-order valence-corrected chi connectivity index (χ1v) is 34.4. The van der Waals surface area contributed by atoms with E-state index in [-0.39, 0.29) is 10.8 Å². The summed E-state index contributed by atoms with van der Waals surface area (Å²) in [6.07, 6.45) is 16.3. The van der Waals surface area contributed by atoms with Crippen molar-refractivity contribution < 1.29 is 0 Å². The molecule has 0 nitrogen and oxygen atoms in total. The van der Waals surface area contributed by atoms with Crippen LogP contribution in [0.3, 0.4) is 0 Å². The summed E-state index contributed by atoms with van der Waals surface area (Å²) < 4.78 is 0. The van der Waals surface area contributed by atoms with Crippen molar-refractivity contribution in [3.05, 3.63) is 210 Å². The number of aryl methyl sites for hydroxylation is 2. The van der Waals surface area contributed by atoms with Gasteiger partial charge < -0.3 is 0 Å². The molecule has 4 unspecified atom stereocenters. The molecule has 0 N–H and O–H groups in total. The van der Waals surface area contributed by atoms with Crippen LogP contribution in [0, 0.1) is 5.92 Å². The van der Waals surface area contributed by atoms with E-state index < -0.39 is 16.1 Å². The van der Waals surface area contributed by atoms with Crippen LogP contribution in [0.1, 0.15) is 184 Å². The van der Waals surface area contributed by atoms with Gasteiger partial charge in [-0.3, -0.25) is 0 Å². The number of fused-ring (bicyclic) bond motifs is 4. The monoisotopic (exact) mass is 993 g/mol. The van der Waals surface area contributed by atoms with E-state index in [1.807, 2.05) is 0 Å². The zero-order chi connectivity index (χ0) is 51.9. The molecular weight excluding hydrogens is 909 g/mol. The summed E-state index contributed by atoms with van der Waals surface area (Å²) in [5.41, 5.74) is 32.2. The maximum absolute atomic E-state index is 2.70. The largest absolute Gasteiger partial charge is 0.0722 e. The fraction of sp³-hybridized carbons (Fsp3) is 0.380. The fourth-order valence-corrected chi connectivity index (χ4v) is 24.8. The predicted octanol–water partition coefficient (Wildman–Crippen LogP) is 20.2. The molecular formula is C71H84Si2. The quantitative estimate of drug-likeness (QED) is 0.0799. The summed E-state index contributed by atoms with van der Waals surface area (Å²) in [5.74, 6) is 0.511. The highest BCUT2D eigenvalue weighted by Gasteiger charge is 2.49. The normalized spacial score (nSPS) is 19.3. The highest BCUT2D eigenvalue weighted by Crippen LogP contribution is 2.56. The Morgan fingerprint density at radius 2 is 0.740 bits per heavy atom. The minimum absolute atomic E-state index is 0.145. The second kappa shape index (κ2) is 19.1. The van der Waals surface area contributed by atoms with Gasteiger partial charge >= 0.3 is 0 Å². The number of rotatable bonds is 13. The lowest BCUT2D eigenvalue weighted by molar-refractivity contribution is 0.590. The second-order valence-corrected chi connectivity index (χ2v) is 36.1. The van der Waals surface area contributed by atoms with E-state index in [1.165, 1.54) is 69.3 Å². The van der Waals surface area contributed by atoms with E-state index in [0.29, 0.717) is 28.1 Å². The Morgan fingerprint density at radius 3 is 1.14 bits per heavy atom. The van der Waals surface area contributed by atoms with E-state index in [1.54, 1.807) is 61.2 Å². The number of unbranched alkanes of at least 4 members (excludes halogenated alkanes) is 2. The Kier molecular flexibility index (Phi) is 13.4. The molecule has 73 heavy (non-hydrogen) atoms. The van der Waals surface area contributed by atoms with Gasteiger partial charge in [0.25, 0.3) is 0 Å². The van der Waals surface area contributed by atoms with Gasteiger partial charge in [0.1, 0.15) is 0 Å². The zero-order valence-corrected chi connectivity index (χ0v) is 49.3. The van der Waals surface area contributed by atoms with Gasteiger partial charge in [-0.15, -0.1) is 0 Å². The van der Waals surface area contributed by atoms with Gasteiger partial charge in [0.2, 0.25) is 0 Å². The Morgan fingerprint density at radius 1 is 0.397 bits per heavy atom. The lowest BCUT2D eigenvalue weighted by Gasteiger charge is -2.40. The van der Waals surface area contributed by atoms with Crippen LogP contribution in [0.25, 0.3) is 46.6 Å². The van der Waals surface area contributed by atoms with Crippen LogP contribution in [0.4, 0.5) is 0 Å². The molecule has 0 aliphatic heterocycles. The van der Waals surface area contributed by atoms with Gasteiger partial charge in [-0.2, -0.15) is 0 Å². The topological polar surface area (TPSA) is 0 Å². The number of benzene rings is 6. The molecule has 0 saturated heterocycles. The van der Waals surface area contributed by atoms with Crippen LogP contribution < -0.4 is 0 Å². The Hall–Kier alpha value is -5.29. The first-order chi connectivity index (χ1) is 34.6. The van der Waals surface area contributed by atoms with Crippen molar-refractivity contribution in [1.82, 2.24) is 0 Å². The molecule has 0 aromatic heterocycles. The van der Waals surface area contributed by atoms with Crippen LogP contribution in [-0.2, 0) is 23.7 Å². The molecule has 0 radical (unpaired) electrons. The van der Waals surface area contributed by atoms with Crippen molar-refractivity contribution in [3.8, 4) is 22.3 Å². The van der Waals surface area contributed by atoms with Crippen molar-refractivity contribution >= 4 is 40.5 Å². The number of hydrogen-bond donors (Lipinski definition) is 0. The van der Waals surface area contributed by atoms with Gasteiger partial charge in [-0.05, 0) is 152 Å². The van der Waals surface area contributed by atoms with Gasteiger partial charge in [0, 0.05) is 22.2 Å². The molecule has 0 bridgehead atoms. The molecule has 0 fully saturated rings. The highest BCUT2D eigenvalue weighted by atomic mass is 28.3. The van der Waals surface area contributed by atoms with Crippen molar-refractivity contribution in [2.45, 2.75) is 167 Å². The lowest BCUT2D eigenvalue weighted by atomic mass is 9.86. The van der Waals surface area contributed by atoms with Crippen LogP contribution in [0.15, 0.2) is 144 Å². The lowest BCUT2D eigenvalue weighted by Crippen LogP contribution is -2.43. The third-order valence-electron chi connectivity index (χ3n) is 18.3. The molecule has 0 amide bonds. The van der Waals surface area contributed by atoms with Crippen LogP contribution >= 0.6 is 0 Å². The summed E-state index contributed by atoms with van der Waals surface area (Å²) in [6.45, 7) is 36.7. The zero-order valence-electron chi connectivity index (χ0n) is 47.3. The van der Waals surface area contributed by atoms with E-state index in [9.17, 15) is 0 Å². The van der Waals surface area contributed by atoms with Gasteiger partial charge in [-0.25, -0.2) is 0 Å². The van der Waals surface area contributed by atoms with Crippen LogP contribution in [0.2, 0.25) is 26.2 Å². The molecule has 376 valence electrons. The summed E-state index contributed by atoms with van der Waals surface area (Å²) in [7, 11) is -3.97. The van der Waals surface area contributed by atoms with Gasteiger partial charge in [0.05, 0.1) is 16.1 Å². The molecule has 4 atom stereocenters. The minimum atomic E-state index is -2.01. The maximum atomic E-state index is 2.70. The van der Waals surface area contributed by atoms with Crippen LogP contribution in [-0.4, -0.2) is 16.1 Å². The summed E-state index contributed by atoms with van der Waals surface area (Å²) in [6, 6.07) is 47.6. The predicted molar refractivity (Wildman–Crippen MR) is 325 cm³/mol. The van der Waals surface area contributed by atoms with E-state index >= 15 is 0 Å². The van der Waals surface area contributed by atoms with Gasteiger partial charge in [-0.1, -0.05) is 256 Å². The third kappa shape index (κ3) is 9.15. The average molecular weight is 994 g/mol. The van der Waals surface area contributed by atoms with E-state index in [2.05, 4.69) is 248 Å². The Balaban J connectivity index is 0.830. The fourth-order valence-electron chi connectivity index (χ4n) is 14.9. The molecule has 0 spiro atoms. The molecule has 4 aliphatic rings. The molecule has 10 rings (SSSR count). The van der Waals surface area contributed by atoms with E-state index in [0.717, 1.165) is 12.8 Å². The minimum Gasteiger partial charge on any atom is -0.0679 e. The van der Waals surface area contributed by atoms with Crippen molar-refractivity contribution in [2.24, 2.45) is 5.92 Å². The van der Waals surface area contributed by atoms with Crippen LogP contribution in [0.5, 0.6) is 0 Å². The molecule has 4 aliphatic carbocycles. The third-order valence-corrected chi connectivity index (χ3v) is 27.2. The molecule has 6 aromatic rings. The first-order valence-electron chi connectivity index (χ1n) is 28.0. The molecule has 0 saturated carbocycles. The SMILES string of the molecule is CC1=Cc2c(CCCCCc3cccc4c3C=C(C(C)C)C4[Si](C)(C)C3C(C)=Cc4c(-c5ccc(C(C)(C)C)cc5)cccc43)cccc2C1[Si](C)(C)C1C(C)=Cc2c(-c3ccc(C(C)(C)C)cc3)cccc21.